The Morgan fingerprint density at radius 1 is 0.950 bits per heavy atom. The van der Waals surface area contributed by atoms with Crippen LogP contribution >= 0.6 is 0 Å². The molecule has 2 heterocycles. The van der Waals surface area contributed by atoms with E-state index in [1.54, 1.807) is 26.0 Å². The average molecular weight is 553 g/mol. The summed E-state index contributed by atoms with van der Waals surface area (Å²) in [4.78, 5) is 32.3. The zero-order valence-corrected chi connectivity index (χ0v) is 22.4. The number of hydrogen-bond donors (Lipinski definition) is 2. The number of benzene rings is 2. The van der Waals surface area contributed by atoms with Crippen molar-refractivity contribution in [2.75, 3.05) is 13.2 Å². The normalized spacial score (nSPS) is 12.7. The van der Waals surface area contributed by atoms with E-state index in [2.05, 4.69) is 25.6 Å². The Morgan fingerprint density at radius 2 is 1.57 bits per heavy atom. The van der Waals surface area contributed by atoms with E-state index in [0.717, 1.165) is 11.6 Å². The minimum atomic E-state index is -0.779. The van der Waals surface area contributed by atoms with Gasteiger partial charge in [0.05, 0.1) is 18.2 Å². The van der Waals surface area contributed by atoms with Gasteiger partial charge in [0.15, 0.2) is 6.10 Å². The third kappa shape index (κ3) is 6.86. The lowest BCUT2D eigenvalue weighted by molar-refractivity contribution is -0.142. The Bertz CT molecular complexity index is 1470. The molecule has 1 amide bonds. The second-order valence-corrected chi connectivity index (χ2v) is 9.31. The van der Waals surface area contributed by atoms with Gasteiger partial charge in [-0.25, -0.2) is 4.39 Å². The summed E-state index contributed by atoms with van der Waals surface area (Å²) in [6.45, 7) is 6.93. The van der Waals surface area contributed by atoms with Gasteiger partial charge in [0.1, 0.15) is 18.2 Å². The highest BCUT2D eigenvalue weighted by Crippen LogP contribution is 2.27. The van der Waals surface area contributed by atoms with Gasteiger partial charge >= 0.3 is 5.97 Å². The molecule has 0 aliphatic rings. The van der Waals surface area contributed by atoms with Crippen LogP contribution in [0.1, 0.15) is 61.9 Å². The minimum absolute atomic E-state index is 0.0878. The van der Waals surface area contributed by atoms with Crippen molar-refractivity contribution in [1.29, 1.82) is 0 Å². The fraction of sp³-hybridized carbons (Fsp3) is 0.333. The number of nitrogens with two attached hydrogens (primary N) is 1. The Labute approximate surface area is 229 Å². The fourth-order valence-electron chi connectivity index (χ4n) is 3.50. The molecular formula is C27H29FN6O6. The largest absolute Gasteiger partial charge is 0.481 e. The van der Waals surface area contributed by atoms with E-state index in [4.69, 9.17) is 24.3 Å². The third-order valence-corrected chi connectivity index (χ3v) is 5.66. The van der Waals surface area contributed by atoms with Crippen molar-refractivity contribution in [3.05, 3.63) is 65.6 Å². The van der Waals surface area contributed by atoms with Crippen LogP contribution in [0.5, 0.6) is 5.75 Å². The summed E-state index contributed by atoms with van der Waals surface area (Å²) in [5.74, 6) is 0.00323. The van der Waals surface area contributed by atoms with Crippen molar-refractivity contribution in [2.45, 2.75) is 45.8 Å². The van der Waals surface area contributed by atoms with Gasteiger partial charge in [0, 0.05) is 17.0 Å². The number of esters is 1. The molecule has 0 radical (unpaired) electrons. The summed E-state index contributed by atoms with van der Waals surface area (Å²) in [7, 11) is 0. The Hall–Kier alpha value is -4.65. The number of ether oxygens (including phenoxy) is 2. The summed E-state index contributed by atoms with van der Waals surface area (Å²) in [6.07, 6.45) is -0.602. The van der Waals surface area contributed by atoms with Crippen molar-refractivity contribution in [1.82, 2.24) is 25.6 Å². The predicted octanol–water partition coefficient (Wildman–Crippen LogP) is 3.81. The summed E-state index contributed by atoms with van der Waals surface area (Å²) in [5.41, 5.74) is 6.07. The number of aromatic nitrogens is 4. The average Bonchev–Trinajstić information content (AvgIpc) is 3.63. The summed E-state index contributed by atoms with van der Waals surface area (Å²) >= 11 is 0. The molecule has 0 bridgehead atoms. The first-order chi connectivity index (χ1) is 19.1. The van der Waals surface area contributed by atoms with Gasteiger partial charge in [-0.3, -0.25) is 9.59 Å². The molecule has 2 atom stereocenters. The number of nitrogens with zero attached hydrogens (tertiary/aromatic N) is 4. The van der Waals surface area contributed by atoms with Crippen LogP contribution in [0.25, 0.3) is 22.8 Å². The van der Waals surface area contributed by atoms with E-state index in [9.17, 15) is 14.0 Å². The van der Waals surface area contributed by atoms with Gasteiger partial charge in [-0.15, -0.1) is 0 Å². The fourth-order valence-corrected chi connectivity index (χ4v) is 3.50. The van der Waals surface area contributed by atoms with E-state index in [0.29, 0.717) is 23.0 Å². The van der Waals surface area contributed by atoms with Gasteiger partial charge in [0.2, 0.25) is 17.5 Å². The molecule has 1 unspecified atom stereocenters. The van der Waals surface area contributed by atoms with Crippen LogP contribution in [0.2, 0.25) is 0 Å². The van der Waals surface area contributed by atoms with Gasteiger partial charge in [0.25, 0.3) is 11.8 Å². The Kier molecular flexibility index (Phi) is 8.84. The highest BCUT2D eigenvalue weighted by molar-refractivity contribution is 5.95. The quantitative estimate of drug-likeness (QED) is 0.260. The van der Waals surface area contributed by atoms with Crippen molar-refractivity contribution in [2.24, 2.45) is 5.73 Å². The van der Waals surface area contributed by atoms with Crippen molar-refractivity contribution in [3.63, 3.8) is 0 Å². The standard InChI is InChI=1S/C27H29FN6O6/c1-14(2)26-31-23(33-39-26)17-5-8-19(9-6-17)38-16(4)27-32-24(34-40-27)18-7-10-20(21(28)11-18)25(36)30-15(3)13-37-22(35)12-29/h5-11,14-16H,12-13,29H2,1-4H3,(H,30,36)/t15-,16?/m1/s1. The summed E-state index contributed by atoms with van der Waals surface area (Å²) < 4.78 is 36.1. The SMILES string of the molecule is CC(C)c1nc(-c2ccc(OC(C)c3nc(-c4ccc(C(=O)N[C@H](C)COC(=O)CN)c(F)c4)no3)cc2)no1. The summed E-state index contributed by atoms with van der Waals surface area (Å²) in [5, 5.41) is 10.5. The molecule has 0 aliphatic heterocycles. The Morgan fingerprint density at radius 3 is 2.20 bits per heavy atom. The lowest BCUT2D eigenvalue weighted by Gasteiger charge is -2.14. The zero-order chi connectivity index (χ0) is 28.8. The van der Waals surface area contributed by atoms with Crippen molar-refractivity contribution < 1.29 is 32.5 Å². The molecule has 13 heteroatoms. The maximum Gasteiger partial charge on any atom is 0.319 e. The van der Waals surface area contributed by atoms with Crippen molar-refractivity contribution >= 4 is 11.9 Å². The molecule has 210 valence electrons. The van der Waals surface area contributed by atoms with Crippen LogP contribution in [0.15, 0.2) is 51.5 Å². The van der Waals surface area contributed by atoms with Crippen molar-refractivity contribution in [3.8, 4) is 28.5 Å². The number of carbonyl (C=O) groups excluding carboxylic acids is 2. The number of nitrogens with one attached hydrogen (secondary N) is 1. The molecule has 12 nitrogen and oxygen atoms in total. The molecule has 2 aromatic carbocycles. The second-order valence-electron chi connectivity index (χ2n) is 9.31. The second kappa shape index (κ2) is 12.5. The molecule has 4 rings (SSSR count). The molecule has 3 N–H and O–H groups in total. The topological polar surface area (TPSA) is 168 Å². The third-order valence-electron chi connectivity index (χ3n) is 5.66. The first kappa shape index (κ1) is 28.4. The highest BCUT2D eigenvalue weighted by Gasteiger charge is 2.20. The molecule has 4 aromatic rings. The van der Waals surface area contributed by atoms with Gasteiger partial charge in [-0.05, 0) is 50.2 Å². The number of rotatable bonds is 11. The predicted molar refractivity (Wildman–Crippen MR) is 139 cm³/mol. The monoisotopic (exact) mass is 552 g/mol. The van der Waals surface area contributed by atoms with Gasteiger partial charge < -0.3 is 29.6 Å². The van der Waals surface area contributed by atoms with Crippen LogP contribution in [0.4, 0.5) is 4.39 Å². The minimum Gasteiger partial charge on any atom is -0.481 e. The molecule has 0 saturated carbocycles. The maximum absolute atomic E-state index is 14.8. The van der Waals surface area contributed by atoms with E-state index in [1.165, 1.54) is 12.1 Å². The van der Waals surface area contributed by atoms with E-state index in [1.807, 2.05) is 26.0 Å². The summed E-state index contributed by atoms with van der Waals surface area (Å²) in [6, 6.07) is 10.5. The maximum atomic E-state index is 14.8. The number of hydrogen-bond acceptors (Lipinski definition) is 11. The first-order valence-electron chi connectivity index (χ1n) is 12.5. The van der Waals surface area contributed by atoms with Crippen LogP contribution in [0.3, 0.4) is 0 Å². The molecule has 0 spiro atoms. The number of carbonyl (C=O) groups is 2. The van der Waals surface area contributed by atoms with Crippen LogP contribution < -0.4 is 15.8 Å². The lowest BCUT2D eigenvalue weighted by atomic mass is 10.1. The highest BCUT2D eigenvalue weighted by atomic mass is 19.1. The van der Waals surface area contributed by atoms with Crippen LogP contribution in [0, 0.1) is 5.82 Å². The van der Waals surface area contributed by atoms with E-state index in [-0.39, 0.29) is 36.3 Å². The molecule has 2 aromatic heterocycles. The molecular weight excluding hydrogens is 523 g/mol. The molecule has 0 fully saturated rings. The van der Waals surface area contributed by atoms with E-state index >= 15 is 0 Å². The van der Waals surface area contributed by atoms with Crippen LogP contribution in [-0.4, -0.2) is 51.4 Å². The lowest BCUT2D eigenvalue weighted by Crippen LogP contribution is -2.37. The van der Waals surface area contributed by atoms with Gasteiger partial charge in [-0.1, -0.05) is 30.2 Å². The number of halogens is 1. The first-order valence-corrected chi connectivity index (χ1v) is 12.5. The molecule has 0 saturated heterocycles. The van der Waals surface area contributed by atoms with E-state index < -0.39 is 29.8 Å². The molecule has 40 heavy (non-hydrogen) atoms. The smallest absolute Gasteiger partial charge is 0.319 e. The van der Waals surface area contributed by atoms with Gasteiger partial charge in [-0.2, -0.15) is 9.97 Å². The van der Waals surface area contributed by atoms with Crippen LogP contribution in [-0.2, 0) is 9.53 Å². The Balaban J connectivity index is 1.37. The molecule has 0 aliphatic carbocycles. The number of amides is 1. The zero-order valence-electron chi connectivity index (χ0n) is 22.4.